The summed E-state index contributed by atoms with van der Waals surface area (Å²) < 4.78 is 13.1. The SMILES string of the molecule is CN(CN1CCNCC1)c1cccc(F)c1. The van der Waals surface area contributed by atoms with Gasteiger partial charge in [0.2, 0.25) is 0 Å². The number of nitrogens with zero attached hydrogens (tertiary/aromatic N) is 2. The number of hydrogen-bond acceptors (Lipinski definition) is 3. The molecule has 0 amide bonds. The van der Waals surface area contributed by atoms with Gasteiger partial charge in [0.1, 0.15) is 5.82 Å². The number of anilines is 1. The Balaban J connectivity index is 1.94. The second-order valence-electron chi connectivity index (χ2n) is 4.19. The molecule has 1 N–H and O–H groups in total. The van der Waals surface area contributed by atoms with Gasteiger partial charge in [-0.15, -0.1) is 0 Å². The zero-order chi connectivity index (χ0) is 11.4. The van der Waals surface area contributed by atoms with E-state index in [0.717, 1.165) is 38.5 Å². The van der Waals surface area contributed by atoms with E-state index in [0.29, 0.717) is 0 Å². The van der Waals surface area contributed by atoms with Crippen molar-refractivity contribution >= 4 is 5.69 Å². The molecule has 1 heterocycles. The van der Waals surface area contributed by atoms with Crippen molar-refractivity contribution in [3.63, 3.8) is 0 Å². The van der Waals surface area contributed by atoms with Gasteiger partial charge in [0, 0.05) is 38.9 Å². The van der Waals surface area contributed by atoms with Crippen LogP contribution in [0.3, 0.4) is 0 Å². The van der Waals surface area contributed by atoms with Gasteiger partial charge in [-0.05, 0) is 18.2 Å². The third kappa shape index (κ3) is 2.93. The lowest BCUT2D eigenvalue weighted by atomic mass is 10.3. The molecule has 3 nitrogen and oxygen atoms in total. The lowest BCUT2D eigenvalue weighted by molar-refractivity contribution is 0.243. The maximum atomic E-state index is 13.1. The van der Waals surface area contributed by atoms with E-state index in [1.54, 1.807) is 12.1 Å². The second-order valence-corrected chi connectivity index (χ2v) is 4.19. The molecule has 4 heteroatoms. The molecule has 2 rings (SSSR count). The molecular weight excluding hydrogens is 205 g/mol. The molecule has 1 fully saturated rings. The van der Waals surface area contributed by atoms with Gasteiger partial charge >= 0.3 is 0 Å². The minimum atomic E-state index is -0.176. The topological polar surface area (TPSA) is 18.5 Å². The van der Waals surface area contributed by atoms with E-state index in [-0.39, 0.29) is 5.82 Å². The average molecular weight is 223 g/mol. The lowest BCUT2D eigenvalue weighted by Crippen LogP contribution is -2.47. The van der Waals surface area contributed by atoms with Crippen molar-refractivity contribution in [2.45, 2.75) is 0 Å². The van der Waals surface area contributed by atoms with E-state index in [1.165, 1.54) is 6.07 Å². The van der Waals surface area contributed by atoms with Crippen LogP contribution in [0.4, 0.5) is 10.1 Å². The summed E-state index contributed by atoms with van der Waals surface area (Å²) in [6, 6.07) is 6.73. The molecule has 0 bridgehead atoms. The van der Waals surface area contributed by atoms with E-state index < -0.39 is 0 Å². The van der Waals surface area contributed by atoms with Crippen molar-refractivity contribution in [3.8, 4) is 0 Å². The third-order valence-corrected chi connectivity index (χ3v) is 2.87. The number of halogens is 1. The lowest BCUT2D eigenvalue weighted by Gasteiger charge is -2.32. The van der Waals surface area contributed by atoms with E-state index in [4.69, 9.17) is 0 Å². The van der Waals surface area contributed by atoms with Gasteiger partial charge < -0.3 is 10.2 Å². The zero-order valence-corrected chi connectivity index (χ0v) is 9.62. The molecule has 1 aromatic carbocycles. The summed E-state index contributed by atoms with van der Waals surface area (Å²) in [4.78, 5) is 4.44. The van der Waals surface area contributed by atoms with Crippen LogP contribution < -0.4 is 10.2 Å². The number of benzene rings is 1. The Morgan fingerprint density at radius 2 is 2.12 bits per heavy atom. The Morgan fingerprint density at radius 3 is 2.81 bits per heavy atom. The Kier molecular flexibility index (Phi) is 3.74. The highest BCUT2D eigenvalue weighted by atomic mass is 19.1. The summed E-state index contributed by atoms with van der Waals surface area (Å²) in [7, 11) is 2.00. The number of nitrogens with one attached hydrogen (secondary N) is 1. The van der Waals surface area contributed by atoms with E-state index in [2.05, 4.69) is 15.1 Å². The Hall–Kier alpha value is -1.13. The smallest absolute Gasteiger partial charge is 0.125 e. The molecular formula is C12H18FN3. The van der Waals surface area contributed by atoms with Gasteiger partial charge in [0.05, 0.1) is 6.67 Å². The molecule has 0 atom stereocenters. The maximum absolute atomic E-state index is 13.1. The summed E-state index contributed by atoms with van der Waals surface area (Å²) in [5.41, 5.74) is 0.929. The monoisotopic (exact) mass is 223 g/mol. The number of hydrogen-bond donors (Lipinski definition) is 1. The summed E-state index contributed by atoms with van der Waals surface area (Å²) in [5, 5.41) is 3.32. The van der Waals surface area contributed by atoms with Crippen LogP contribution in [0.25, 0.3) is 0 Å². The van der Waals surface area contributed by atoms with Crippen LogP contribution >= 0.6 is 0 Å². The Bertz CT molecular complexity index is 337. The molecule has 0 spiro atoms. The standard InChI is InChI=1S/C12H18FN3/c1-15(10-16-7-5-14-6-8-16)12-4-2-3-11(13)9-12/h2-4,9,14H,5-8,10H2,1H3. The number of rotatable bonds is 3. The van der Waals surface area contributed by atoms with Gasteiger partial charge in [-0.25, -0.2) is 4.39 Å². The largest absolute Gasteiger partial charge is 0.362 e. The Morgan fingerprint density at radius 1 is 1.38 bits per heavy atom. The van der Waals surface area contributed by atoms with Crippen LogP contribution in [0, 0.1) is 5.82 Å². The highest BCUT2D eigenvalue weighted by molar-refractivity contribution is 5.45. The molecule has 1 aromatic rings. The fraction of sp³-hybridized carbons (Fsp3) is 0.500. The van der Waals surface area contributed by atoms with Crippen LogP contribution in [0.15, 0.2) is 24.3 Å². The van der Waals surface area contributed by atoms with E-state index in [1.807, 2.05) is 13.1 Å². The highest BCUT2D eigenvalue weighted by Gasteiger charge is 2.11. The van der Waals surface area contributed by atoms with Gasteiger partial charge in [0.15, 0.2) is 0 Å². The molecule has 0 saturated carbocycles. The first-order chi connectivity index (χ1) is 7.75. The van der Waals surface area contributed by atoms with Crippen LogP contribution in [0.1, 0.15) is 0 Å². The van der Waals surface area contributed by atoms with Crippen molar-refractivity contribution in [1.82, 2.24) is 10.2 Å². The molecule has 1 aliphatic rings. The van der Waals surface area contributed by atoms with Crippen LogP contribution in [0.5, 0.6) is 0 Å². The van der Waals surface area contributed by atoms with E-state index >= 15 is 0 Å². The van der Waals surface area contributed by atoms with Crippen LogP contribution in [0.2, 0.25) is 0 Å². The van der Waals surface area contributed by atoms with E-state index in [9.17, 15) is 4.39 Å². The first-order valence-corrected chi connectivity index (χ1v) is 5.65. The summed E-state index contributed by atoms with van der Waals surface area (Å²) in [6.45, 7) is 5.04. The van der Waals surface area contributed by atoms with Gasteiger partial charge in [-0.2, -0.15) is 0 Å². The first kappa shape index (κ1) is 11.4. The predicted octanol–water partition coefficient (Wildman–Crippen LogP) is 1.12. The molecule has 0 aromatic heterocycles. The Labute approximate surface area is 95.9 Å². The third-order valence-electron chi connectivity index (χ3n) is 2.87. The van der Waals surface area contributed by atoms with Gasteiger partial charge in [-0.1, -0.05) is 6.07 Å². The van der Waals surface area contributed by atoms with Crippen molar-refractivity contribution in [2.75, 3.05) is 44.8 Å². The molecule has 88 valence electrons. The molecule has 1 saturated heterocycles. The van der Waals surface area contributed by atoms with Crippen LogP contribution in [-0.2, 0) is 0 Å². The average Bonchev–Trinajstić information content (AvgIpc) is 2.30. The summed E-state index contributed by atoms with van der Waals surface area (Å²) in [5.74, 6) is -0.176. The van der Waals surface area contributed by atoms with Crippen molar-refractivity contribution < 1.29 is 4.39 Å². The van der Waals surface area contributed by atoms with Crippen molar-refractivity contribution in [1.29, 1.82) is 0 Å². The molecule has 0 radical (unpaired) electrons. The fourth-order valence-electron chi connectivity index (χ4n) is 1.95. The van der Waals surface area contributed by atoms with Gasteiger partial charge in [0.25, 0.3) is 0 Å². The molecule has 1 aliphatic heterocycles. The predicted molar refractivity (Wildman–Crippen MR) is 64.1 cm³/mol. The molecule has 16 heavy (non-hydrogen) atoms. The van der Waals surface area contributed by atoms with Crippen molar-refractivity contribution in [2.24, 2.45) is 0 Å². The normalized spacial score (nSPS) is 17.4. The first-order valence-electron chi connectivity index (χ1n) is 5.65. The highest BCUT2D eigenvalue weighted by Crippen LogP contribution is 2.14. The summed E-state index contributed by atoms with van der Waals surface area (Å²) in [6.07, 6.45) is 0. The maximum Gasteiger partial charge on any atom is 0.125 e. The number of piperazine rings is 1. The fourth-order valence-corrected chi connectivity index (χ4v) is 1.95. The molecule has 0 aliphatic carbocycles. The van der Waals surface area contributed by atoms with Crippen molar-refractivity contribution in [3.05, 3.63) is 30.1 Å². The molecule has 0 unspecified atom stereocenters. The second kappa shape index (κ2) is 5.27. The quantitative estimate of drug-likeness (QED) is 0.828. The van der Waals surface area contributed by atoms with Crippen LogP contribution in [-0.4, -0.2) is 44.8 Å². The minimum Gasteiger partial charge on any atom is -0.362 e. The minimum absolute atomic E-state index is 0.176. The summed E-state index contributed by atoms with van der Waals surface area (Å²) >= 11 is 0. The van der Waals surface area contributed by atoms with Gasteiger partial charge in [-0.3, -0.25) is 4.90 Å². The zero-order valence-electron chi connectivity index (χ0n) is 9.62.